The highest BCUT2D eigenvalue weighted by Gasteiger charge is 2.59. The van der Waals surface area contributed by atoms with Crippen LogP contribution in [0.25, 0.3) is 0 Å². The molecule has 25 heavy (non-hydrogen) atoms. The molecule has 0 fully saturated rings. The van der Waals surface area contributed by atoms with E-state index in [2.05, 4.69) is 130 Å². The van der Waals surface area contributed by atoms with Crippen molar-refractivity contribution in [2.75, 3.05) is 0 Å². The molecule has 0 N–H and O–H groups in total. The van der Waals surface area contributed by atoms with Gasteiger partial charge in [-0.3, -0.25) is 0 Å². The second-order valence-corrected chi connectivity index (χ2v) is 14.3. The van der Waals surface area contributed by atoms with E-state index in [1.807, 2.05) is 0 Å². The Kier molecular flexibility index (Phi) is 7.46. The van der Waals surface area contributed by atoms with Crippen molar-refractivity contribution in [1.29, 1.82) is 0 Å². The van der Waals surface area contributed by atoms with Crippen LogP contribution < -0.4 is 32.9 Å². The van der Waals surface area contributed by atoms with Gasteiger partial charge >= 0.3 is 0 Å². The van der Waals surface area contributed by atoms with E-state index in [-0.39, 0.29) is 20.0 Å². The maximum atomic E-state index is 4.08. The minimum atomic E-state index is -1.92. The van der Waals surface area contributed by atoms with Crippen molar-refractivity contribution in [2.45, 2.75) is 16.3 Å². The van der Waals surface area contributed by atoms with Crippen LogP contribution in [0.3, 0.4) is 0 Å². The van der Waals surface area contributed by atoms with Gasteiger partial charge in [0.05, 0.1) is 0 Å². The second kappa shape index (κ2) is 8.95. The van der Waals surface area contributed by atoms with E-state index in [4.69, 9.17) is 0 Å². The first-order chi connectivity index (χ1) is 11.6. The fourth-order valence-electron chi connectivity index (χ4n) is 3.21. The van der Waals surface area contributed by atoms with Crippen LogP contribution in [-0.2, 0) is 0 Å². The Morgan fingerprint density at radius 1 is 0.640 bits per heavy atom. The largest absolute Gasteiger partial charge is 1.00 e. The Balaban J connectivity index is 0.00000225. The molecule has 0 heterocycles. The van der Waals surface area contributed by atoms with Gasteiger partial charge in [-0.1, -0.05) is 61.5 Å². The molecule has 3 aromatic carbocycles. The smallest absolute Gasteiger partial charge is 0.200 e. The first kappa shape index (κ1) is 20.8. The Bertz CT molecular complexity index is 677. The predicted molar refractivity (Wildman–Crippen MR) is 116 cm³/mol. The molecule has 130 valence electrons. The van der Waals surface area contributed by atoms with Crippen LogP contribution >= 0.6 is 39.1 Å². The van der Waals surface area contributed by atoms with Gasteiger partial charge in [-0.15, -0.1) is 0 Å². The third-order valence-electron chi connectivity index (χ3n) is 4.35. The van der Waals surface area contributed by atoms with Gasteiger partial charge in [-0.25, -0.2) is 0 Å². The van der Waals surface area contributed by atoms with E-state index >= 15 is 0 Å². The lowest BCUT2D eigenvalue weighted by atomic mass is 10.4. The summed E-state index contributed by atoms with van der Waals surface area (Å²) in [4.78, 5) is 0. The summed E-state index contributed by atoms with van der Waals surface area (Å²) in [5, 5.41) is 4.12. The molecule has 0 aliphatic heterocycles. The first-order valence-electron chi connectivity index (χ1n) is 8.07. The summed E-state index contributed by atoms with van der Waals surface area (Å²) in [6.45, 7) is 2.23. The molecule has 0 saturated heterocycles. The number of benzene rings is 3. The molecule has 0 aromatic heterocycles. The molecule has 4 heteroatoms. The van der Waals surface area contributed by atoms with Crippen molar-refractivity contribution in [1.82, 2.24) is 0 Å². The molecular weight excluding hydrogens is 523 g/mol. The molecule has 0 aliphatic rings. The van der Waals surface area contributed by atoms with Crippen LogP contribution in [0.1, 0.15) is 13.3 Å². The summed E-state index contributed by atoms with van der Waals surface area (Å²) in [5.41, 5.74) is 0. The lowest BCUT2D eigenvalue weighted by Crippen LogP contribution is -3.00. The third-order valence-corrected chi connectivity index (χ3v) is 13.2. The average molecular weight is 543 g/mol. The zero-order chi connectivity index (χ0) is 17.0. The van der Waals surface area contributed by atoms with E-state index in [9.17, 15) is 0 Å². The number of hydrogen-bond acceptors (Lipinski definition) is 0. The average Bonchev–Trinajstić information content (AvgIpc) is 2.65. The molecule has 3 aromatic rings. The molecule has 0 bridgehead atoms. The van der Waals surface area contributed by atoms with Crippen LogP contribution in [0.2, 0.25) is 0 Å². The number of rotatable bonds is 5. The Morgan fingerprint density at radius 2 is 0.920 bits per heavy atom. The Labute approximate surface area is 178 Å². The number of alkyl halides is 2. The Morgan fingerprint density at radius 3 is 1.16 bits per heavy atom. The number of hydrogen-bond donors (Lipinski definition) is 0. The van der Waals surface area contributed by atoms with Crippen LogP contribution in [-0.4, -0.2) is 2.97 Å². The van der Waals surface area contributed by atoms with Crippen LogP contribution in [0.5, 0.6) is 0 Å². The normalized spacial score (nSPS) is 11.6. The zero-order valence-corrected chi connectivity index (χ0v) is 19.6. The van der Waals surface area contributed by atoms with Gasteiger partial charge in [0.1, 0.15) is 23.2 Å². The SMILES string of the molecule is CCC(Br)(Br)[P+](c1ccccc1)(c1ccccc1)c1ccccc1.[Br-]. The van der Waals surface area contributed by atoms with Crippen LogP contribution in [0.4, 0.5) is 0 Å². The molecule has 0 amide bonds. The molecule has 0 saturated carbocycles. The monoisotopic (exact) mass is 540 g/mol. The van der Waals surface area contributed by atoms with Crippen LogP contribution in [0, 0.1) is 0 Å². The summed E-state index contributed by atoms with van der Waals surface area (Å²) in [7, 11) is -1.92. The van der Waals surface area contributed by atoms with Crippen molar-refractivity contribution in [2.24, 2.45) is 0 Å². The maximum absolute atomic E-state index is 4.08. The minimum Gasteiger partial charge on any atom is -1.00 e. The lowest BCUT2D eigenvalue weighted by Gasteiger charge is -2.37. The van der Waals surface area contributed by atoms with E-state index in [1.165, 1.54) is 15.9 Å². The minimum absolute atomic E-state index is 0. The summed E-state index contributed by atoms with van der Waals surface area (Å²) in [6, 6.07) is 32.7. The summed E-state index contributed by atoms with van der Waals surface area (Å²) < 4.78 is -0.197. The molecule has 0 aliphatic carbocycles. The molecular formula is C21H20Br3P. The quantitative estimate of drug-likeness (QED) is 0.344. The van der Waals surface area contributed by atoms with Crippen molar-refractivity contribution < 1.29 is 17.0 Å². The van der Waals surface area contributed by atoms with Gasteiger partial charge in [0.2, 0.25) is 0 Å². The van der Waals surface area contributed by atoms with Gasteiger partial charge in [-0.2, -0.15) is 0 Å². The van der Waals surface area contributed by atoms with Crippen molar-refractivity contribution in [3.63, 3.8) is 0 Å². The fourth-order valence-corrected chi connectivity index (χ4v) is 11.3. The summed E-state index contributed by atoms with van der Waals surface area (Å²) in [5.74, 6) is 0. The van der Waals surface area contributed by atoms with Crippen molar-refractivity contribution in [3.8, 4) is 0 Å². The van der Waals surface area contributed by atoms with E-state index in [1.54, 1.807) is 0 Å². The van der Waals surface area contributed by atoms with E-state index in [0.29, 0.717) is 0 Å². The molecule has 0 radical (unpaired) electrons. The first-order valence-corrected chi connectivity index (χ1v) is 11.4. The highest BCUT2D eigenvalue weighted by Crippen LogP contribution is 2.72. The maximum Gasteiger partial charge on any atom is 0.200 e. The summed E-state index contributed by atoms with van der Waals surface area (Å²) in [6.07, 6.45) is 0.972. The molecule has 3 rings (SSSR count). The second-order valence-electron chi connectivity index (χ2n) is 5.70. The van der Waals surface area contributed by atoms with Gasteiger partial charge in [0.15, 0.2) is 2.97 Å². The molecule has 0 atom stereocenters. The van der Waals surface area contributed by atoms with Crippen molar-refractivity contribution >= 4 is 55.0 Å². The molecule has 0 spiro atoms. The highest BCUT2D eigenvalue weighted by atomic mass is 79.9. The third kappa shape index (κ3) is 3.81. The van der Waals surface area contributed by atoms with Crippen molar-refractivity contribution in [3.05, 3.63) is 91.0 Å². The van der Waals surface area contributed by atoms with E-state index in [0.717, 1.165) is 6.42 Å². The Hall–Kier alpha value is -0.470. The lowest BCUT2D eigenvalue weighted by molar-refractivity contribution is -0.00000445. The van der Waals surface area contributed by atoms with Gasteiger partial charge in [0.25, 0.3) is 0 Å². The topological polar surface area (TPSA) is 0 Å². The highest BCUT2D eigenvalue weighted by molar-refractivity contribution is 9.27. The number of halogens is 3. The van der Waals surface area contributed by atoms with Gasteiger partial charge < -0.3 is 17.0 Å². The molecule has 0 nitrogen and oxygen atoms in total. The van der Waals surface area contributed by atoms with Gasteiger partial charge in [-0.05, 0) is 68.3 Å². The zero-order valence-electron chi connectivity index (χ0n) is 13.9. The van der Waals surface area contributed by atoms with Gasteiger partial charge in [0, 0.05) is 6.42 Å². The molecule has 0 unspecified atom stereocenters. The summed E-state index contributed by atoms with van der Waals surface area (Å²) >= 11 is 8.16. The standard InChI is InChI=1S/C21H20Br2P.BrH/c1-2-21(22,23)24(18-12-6-3-7-13-18,19-14-8-4-9-15-19)20-16-10-5-11-17-20;/h3-17H,2H2,1H3;1H/q+1;/p-1. The fraction of sp³-hybridized carbons (Fsp3) is 0.143. The predicted octanol–water partition coefficient (Wildman–Crippen LogP) is 2.84. The van der Waals surface area contributed by atoms with E-state index < -0.39 is 7.26 Å². The van der Waals surface area contributed by atoms with Crippen LogP contribution in [0.15, 0.2) is 91.0 Å².